The van der Waals surface area contributed by atoms with Crippen LogP contribution < -0.4 is 5.73 Å². The predicted molar refractivity (Wildman–Crippen MR) is 57.8 cm³/mol. The normalized spacial score (nSPS) is 10.0. The number of hydrogen-bond donors (Lipinski definition) is 1. The molecule has 0 saturated heterocycles. The molecule has 0 aliphatic heterocycles. The van der Waals surface area contributed by atoms with Gasteiger partial charge in [0.1, 0.15) is 0 Å². The summed E-state index contributed by atoms with van der Waals surface area (Å²) in [5.74, 6) is 0.149. The van der Waals surface area contributed by atoms with Crippen molar-refractivity contribution >= 4 is 27.4 Å². The lowest BCUT2D eigenvalue weighted by Crippen LogP contribution is -1.99. The maximum Gasteiger partial charge on any atom is 0.162 e. The van der Waals surface area contributed by atoms with Gasteiger partial charge in [-0.2, -0.15) is 0 Å². The molecule has 0 saturated carbocycles. The van der Waals surface area contributed by atoms with E-state index in [9.17, 15) is 4.79 Å². The summed E-state index contributed by atoms with van der Waals surface area (Å²) in [7, 11) is 0. The third kappa shape index (κ3) is 2.84. The average molecular weight is 242 g/mol. The van der Waals surface area contributed by atoms with Crippen LogP contribution in [0.5, 0.6) is 0 Å². The fraction of sp³-hybridized carbons (Fsp3) is 0.300. The van der Waals surface area contributed by atoms with Crippen LogP contribution >= 0.6 is 15.9 Å². The van der Waals surface area contributed by atoms with Crippen LogP contribution in [0.1, 0.15) is 30.1 Å². The second-order valence-electron chi connectivity index (χ2n) is 2.95. The number of benzene rings is 1. The zero-order chi connectivity index (χ0) is 9.84. The van der Waals surface area contributed by atoms with Gasteiger partial charge >= 0.3 is 0 Å². The second-order valence-corrected chi connectivity index (χ2v) is 3.86. The SMILES string of the molecule is CCCC(=O)c1cc(N)cc(Br)c1. The van der Waals surface area contributed by atoms with Crippen molar-refractivity contribution < 1.29 is 4.79 Å². The Morgan fingerprint density at radius 2 is 2.15 bits per heavy atom. The Bertz CT molecular complexity index is 302. The molecule has 1 rings (SSSR count). The maximum atomic E-state index is 11.5. The van der Waals surface area contributed by atoms with Crippen LogP contribution in [0.2, 0.25) is 0 Å². The molecule has 13 heavy (non-hydrogen) atoms. The fourth-order valence-electron chi connectivity index (χ4n) is 1.14. The largest absolute Gasteiger partial charge is 0.399 e. The number of carbonyl (C=O) groups is 1. The topological polar surface area (TPSA) is 43.1 Å². The molecule has 2 N–H and O–H groups in total. The third-order valence-corrected chi connectivity index (χ3v) is 2.18. The Balaban J connectivity index is 2.94. The standard InChI is InChI=1S/C10H12BrNO/c1-2-3-10(13)7-4-8(11)6-9(12)5-7/h4-6H,2-3,12H2,1H3. The van der Waals surface area contributed by atoms with Gasteiger partial charge < -0.3 is 5.73 Å². The minimum atomic E-state index is 0.149. The number of nitrogen functional groups attached to an aromatic ring is 1. The monoisotopic (exact) mass is 241 g/mol. The molecular formula is C10H12BrNO. The molecule has 70 valence electrons. The van der Waals surface area contributed by atoms with Gasteiger partial charge in [-0.05, 0) is 24.6 Å². The first-order chi connectivity index (χ1) is 6.13. The van der Waals surface area contributed by atoms with E-state index in [0.29, 0.717) is 17.7 Å². The molecule has 0 atom stereocenters. The first kappa shape index (κ1) is 10.3. The van der Waals surface area contributed by atoms with Crippen LogP contribution in [-0.4, -0.2) is 5.78 Å². The molecule has 0 fully saturated rings. The van der Waals surface area contributed by atoms with E-state index in [4.69, 9.17) is 5.73 Å². The van der Waals surface area contributed by atoms with Crippen molar-refractivity contribution in [3.8, 4) is 0 Å². The van der Waals surface area contributed by atoms with Crippen LogP contribution in [0, 0.1) is 0 Å². The number of rotatable bonds is 3. The Hall–Kier alpha value is -0.830. The van der Waals surface area contributed by atoms with Gasteiger partial charge in [-0.15, -0.1) is 0 Å². The molecule has 0 aliphatic rings. The van der Waals surface area contributed by atoms with Crippen molar-refractivity contribution in [2.24, 2.45) is 0 Å². The molecule has 0 aliphatic carbocycles. The second kappa shape index (κ2) is 4.42. The Morgan fingerprint density at radius 1 is 1.46 bits per heavy atom. The fourth-order valence-corrected chi connectivity index (χ4v) is 1.66. The molecule has 1 aromatic carbocycles. The number of Topliss-reactive ketones (excluding diaryl/α,β-unsaturated/α-hetero) is 1. The summed E-state index contributed by atoms with van der Waals surface area (Å²) in [6.45, 7) is 1.99. The van der Waals surface area contributed by atoms with E-state index in [2.05, 4.69) is 15.9 Å². The molecule has 0 heterocycles. The van der Waals surface area contributed by atoms with Gasteiger partial charge in [-0.25, -0.2) is 0 Å². The summed E-state index contributed by atoms with van der Waals surface area (Å²) in [6, 6.07) is 5.29. The van der Waals surface area contributed by atoms with Crippen LogP contribution in [-0.2, 0) is 0 Å². The van der Waals surface area contributed by atoms with E-state index in [1.165, 1.54) is 0 Å². The Labute approximate surface area is 86.3 Å². The van der Waals surface area contributed by atoms with Gasteiger partial charge in [-0.3, -0.25) is 4.79 Å². The van der Waals surface area contributed by atoms with Gasteiger partial charge in [0.2, 0.25) is 0 Å². The Morgan fingerprint density at radius 3 is 2.69 bits per heavy atom. The van der Waals surface area contributed by atoms with E-state index in [1.807, 2.05) is 6.92 Å². The van der Waals surface area contributed by atoms with Crippen LogP contribution in [0.15, 0.2) is 22.7 Å². The summed E-state index contributed by atoms with van der Waals surface area (Å²) in [5.41, 5.74) is 6.92. The summed E-state index contributed by atoms with van der Waals surface area (Å²) in [5, 5.41) is 0. The summed E-state index contributed by atoms with van der Waals surface area (Å²) in [4.78, 5) is 11.5. The number of halogens is 1. The van der Waals surface area contributed by atoms with Gasteiger partial charge in [0, 0.05) is 22.1 Å². The lowest BCUT2D eigenvalue weighted by molar-refractivity contribution is 0.0981. The van der Waals surface area contributed by atoms with Gasteiger partial charge in [-0.1, -0.05) is 22.9 Å². The van der Waals surface area contributed by atoms with Crippen molar-refractivity contribution in [2.45, 2.75) is 19.8 Å². The van der Waals surface area contributed by atoms with Crippen molar-refractivity contribution in [1.82, 2.24) is 0 Å². The molecule has 0 radical (unpaired) electrons. The van der Waals surface area contributed by atoms with Crippen LogP contribution in [0.25, 0.3) is 0 Å². The highest BCUT2D eigenvalue weighted by Gasteiger charge is 2.05. The van der Waals surface area contributed by atoms with Gasteiger partial charge in [0.05, 0.1) is 0 Å². The van der Waals surface area contributed by atoms with Crippen LogP contribution in [0.3, 0.4) is 0 Å². The van der Waals surface area contributed by atoms with Crippen LogP contribution in [0.4, 0.5) is 5.69 Å². The average Bonchev–Trinajstić information content (AvgIpc) is 2.03. The number of anilines is 1. The summed E-state index contributed by atoms with van der Waals surface area (Å²) < 4.78 is 0.854. The van der Waals surface area contributed by atoms with E-state index in [-0.39, 0.29) is 5.78 Å². The quantitative estimate of drug-likeness (QED) is 0.653. The van der Waals surface area contributed by atoms with Crippen molar-refractivity contribution in [3.05, 3.63) is 28.2 Å². The lowest BCUT2D eigenvalue weighted by atomic mass is 10.1. The zero-order valence-electron chi connectivity index (χ0n) is 7.51. The lowest BCUT2D eigenvalue weighted by Gasteiger charge is -2.01. The van der Waals surface area contributed by atoms with Gasteiger partial charge in [0.25, 0.3) is 0 Å². The molecule has 0 aromatic heterocycles. The predicted octanol–water partition coefficient (Wildman–Crippen LogP) is 3.01. The molecule has 0 spiro atoms. The first-order valence-corrected chi connectivity index (χ1v) is 5.02. The maximum absolute atomic E-state index is 11.5. The molecule has 0 bridgehead atoms. The molecule has 1 aromatic rings. The van der Waals surface area contributed by atoms with E-state index < -0.39 is 0 Å². The summed E-state index contributed by atoms with van der Waals surface area (Å²) in [6.07, 6.45) is 1.45. The zero-order valence-corrected chi connectivity index (χ0v) is 9.10. The smallest absolute Gasteiger partial charge is 0.162 e. The number of hydrogen-bond acceptors (Lipinski definition) is 2. The van der Waals surface area contributed by atoms with Crippen molar-refractivity contribution in [3.63, 3.8) is 0 Å². The number of nitrogens with two attached hydrogens (primary N) is 1. The minimum absolute atomic E-state index is 0.149. The van der Waals surface area contributed by atoms with Gasteiger partial charge in [0.15, 0.2) is 5.78 Å². The van der Waals surface area contributed by atoms with E-state index in [1.54, 1.807) is 18.2 Å². The first-order valence-electron chi connectivity index (χ1n) is 4.22. The highest BCUT2D eigenvalue weighted by molar-refractivity contribution is 9.10. The number of ketones is 1. The van der Waals surface area contributed by atoms with Crippen molar-refractivity contribution in [1.29, 1.82) is 0 Å². The van der Waals surface area contributed by atoms with E-state index in [0.717, 1.165) is 10.9 Å². The molecule has 0 unspecified atom stereocenters. The highest BCUT2D eigenvalue weighted by Crippen LogP contribution is 2.18. The molecule has 2 nitrogen and oxygen atoms in total. The summed E-state index contributed by atoms with van der Waals surface area (Å²) >= 11 is 3.30. The van der Waals surface area contributed by atoms with E-state index >= 15 is 0 Å². The third-order valence-electron chi connectivity index (χ3n) is 1.72. The number of carbonyl (C=O) groups excluding carboxylic acids is 1. The van der Waals surface area contributed by atoms with Crippen molar-refractivity contribution in [2.75, 3.05) is 5.73 Å². The molecular weight excluding hydrogens is 230 g/mol. The molecule has 0 amide bonds. The minimum Gasteiger partial charge on any atom is -0.399 e. The molecule has 3 heteroatoms. The Kier molecular flexibility index (Phi) is 3.48. The highest BCUT2D eigenvalue weighted by atomic mass is 79.9.